The van der Waals surface area contributed by atoms with Crippen molar-refractivity contribution in [2.75, 3.05) is 40.3 Å². The molecule has 2 saturated heterocycles. The molecular weight excluding hydrogens is 222 g/mol. The number of rotatable bonds is 3. The molecule has 0 aromatic carbocycles. The first-order valence-corrected chi connectivity index (χ1v) is 7.71. The van der Waals surface area contributed by atoms with Crippen LogP contribution in [0.25, 0.3) is 0 Å². The van der Waals surface area contributed by atoms with Crippen molar-refractivity contribution in [3.63, 3.8) is 0 Å². The summed E-state index contributed by atoms with van der Waals surface area (Å²) in [4.78, 5) is 5.21. The van der Waals surface area contributed by atoms with Crippen molar-refractivity contribution in [2.24, 2.45) is 11.8 Å². The Labute approximate surface area is 113 Å². The third-order valence-corrected chi connectivity index (χ3v) is 5.40. The van der Waals surface area contributed by atoms with Gasteiger partial charge in [-0.1, -0.05) is 6.92 Å². The van der Waals surface area contributed by atoms with Gasteiger partial charge in [-0.05, 0) is 71.8 Å². The molecule has 0 aromatic rings. The van der Waals surface area contributed by atoms with Crippen molar-refractivity contribution in [3.8, 4) is 0 Å². The third-order valence-electron chi connectivity index (χ3n) is 5.40. The van der Waals surface area contributed by atoms with Crippen molar-refractivity contribution >= 4 is 0 Å². The molecular formula is C15H31N3. The van der Waals surface area contributed by atoms with Gasteiger partial charge < -0.3 is 15.1 Å². The second kappa shape index (κ2) is 6.36. The van der Waals surface area contributed by atoms with Gasteiger partial charge in [-0.2, -0.15) is 0 Å². The summed E-state index contributed by atoms with van der Waals surface area (Å²) in [5.41, 5.74) is 0. The zero-order valence-electron chi connectivity index (χ0n) is 12.7. The van der Waals surface area contributed by atoms with E-state index in [2.05, 4.69) is 43.1 Å². The highest BCUT2D eigenvalue weighted by Gasteiger charge is 2.32. The lowest BCUT2D eigenvalue weighted by molar-refractivity contribution is 0.0599. The van der Waals surface area contributed by atoms with E-state index < -0.39 is 0 Å². The number of piperidine rings is 2. The van der Waals surface area contributed by atoms with E-state index >= 15 is 0 Å². The van der Waals surface area contributed by atoms with Crippen LogP contribution in [0.2, 0.25) is 0 Å². The van der Waals surface area contributed by atoms with Gasteiger partial charge in [-0.3, -0.25) is 0 Å². The van der Waals surface area contributed by atoms with Gasteiger partial charge in [0.2, 0.25) is 0 Å². The molecule has 0 amide bonds. The Morgan fingerprint density at radius 3 is 2.33 bits per heavy atom. The third kappa shape index (κ3) is 3.25. The molecule has 3 nitrogen and oxygen atoms in total. The maximum Gasteiger partial charge on any atom is 0.0117 e. The van der Waals surface area contributed by atoms with Crippen LogP contribution >= 0.6 is 0 Å². The first-order valence-electron chi connectivity index (χ1n) is 7.71. The topological polar surface area (TPSA) is 18.5 Å². The van der Waals surface area contributed by atoms with Crippen LogP contribution in [0.3, 0.4) is 0 Å². The molecule has 0 spiro atoms. The normalized spacial score (nSPS) is 37.0. The number of likely N-dealkylation sites (tertiary alicyclic amines) is 2. The molecule has 3 unspecified atom stereocenters. The van der Waals surface area contributed by atoms with Crippen LogP contribution in [0.5, 0.6) is 0 Å². The van der Waals surface area contributed by atoms with Gasteiger partial charge in [0.25, 0.3) is 0 Å². The van der Waals surface area contributed by atoms with E-state index in [1.807, 2.05) is 0 Å². The molecule has 0 radical (unpaired) electrons. The molecule has 1 N–H and O–H groups in total. The summed E-state index contributed by atoms with van der Waals surface area (Å²) < 4.78 is 0. The molecule has 2 fully saturated rings. The fraction of sp³-hybridized carbons (Fsp3) is 1.00. The number of nitrogens with zero attached hydrogens (tertiary/aromatic N) is 2. The number of hydrogen-bond acceptors (Lipinski definition) is 3. The molecule has 2 aliphatic heterocycles. The van der Waals surface area contributed by atoms with Gasteiger partial charge in [0.1, 0.15) is 0 Å². The Kier molecular flexibility index (Phi) is 5.05. The van der Waals surface area contributed by atoms with E-state index in [1.165, 1.54) is 45.4 Å². The Bertz CT molecular complexity index is 248. The van der Waals surface area contributed by atoms with Crippen LogP contribution in [-0.4, -0.2) is 62.2 Å². The van der Waals surface area contributed by atoms with Gasteiger partial charge in [0.15, 0.2) is 0 Å². The first-order chi connectivity index (χ1) is 8.61. The van der Waals surface area contributed by atoms with Gasteiger partial charge >= 0.3 is 0 Å². The van der Waals surface area contributed by atoms with Crippen molar-refractivity contribution in [3.05, 3.63) is 0 Å². The SMILES string of the molecule is CNC1CCN(CC2CCN(C)CC2)C(C)C1C. The molecule has 18 heavy (non-hydrogen) atoms. The van der Waals surface area contributed by atoms with Crippen LogP contribution in [0.15, 0.2) is 0 Å². The average Bonchev–Trinajstić information content (AvgIpc) is 2.38. The minimum absolute atomic E-state index is 0.716. The molecule has 0 saturated carbocycles. The van der Waals surface area contributed by atoms with Crippen molar-refractivity contribution < 1.29 is 0 Å². The molecule has 2 aliphatic rings. The summed E-state index contributed by atoms with van der Waals surface area (Å²) in [6, 6.07) is 1.45. The molecule has 2 heterocycles. The fourth-order valence-corrected chi connectivity index (χ4v) is 3.68. The Morgan fingerprint density at radius 1 is 1.06 bits per heavy atom. The van der Waals surface area contributed by atoms with Crippen LogP contribution in [0.4, 0.5) is 0 Å². The summed E-state index contributed by atoms with van der Waals surface area (Å²) in [5.74, 6) is 1.71. The van der Waals surface area contributed by atoms with Crippen molar-refractivity contribution in [1.82, 2.24) is 15.1 Å². The average molecular weight is 253 g/mol. The van der Waals surface area contributed by atoms with E-state index in [9.17, 15) is 0 Å². The Hall–Kier alpha value is -0.120. The Balaban J connectivity index is 1.83. The second-order valence-electron chi connectivity index (χ2n) is 6.53. The van der Waals surface area contributed by atoms with Crippen molar-refractivity contribution in [1.29, 1.82) is 0 Å². The maximum atomic E-state index is 3.48. The van der Waals surface area contributed by atoms with Gasteiger partial charge in [0, 0.05) is 18.6 Å². The Morgan fingerprint density at radius 2 is 1.72 bits per heavy atom. The summed E-state index contributed by atoms with van der Waals surface area (Å²) in [6.45, 7) is 10.0. The lowest BCUT2D eigenvalue weighted by atomic mass is 9.85. The highest BCUT2D eigenvalue weighted by atomic mass is 15.2. The minimum atomic E-state index is 0.716. The smallest absolute Gasteiger partial charge is 0.0117 e. The number of hydrogen-bond donors (Lipinski definition) is 1. The van der Waals surface area contributed by atoms with Gasteiger partial charge in [-0.25, -0.2) is 0 Å². The van der Waals surface area contributed by atoms with E-state index in [0.29, 0.717) is 6.04 Å². The van der Waals surface area contributed by atoms with Crippen LogP contribution in [0, 0.1) is 11.8 Å². The highest BCUT2D eigenvalue weighted by molar-refractivity contribution is 4.89. The summed E-state index contributed by atoms with van der Waals surface area (Å²) >= 11 is 0. The molecule has 106 valence electrons. The molecule has 0 aromatic heterocycles. The summed E-state index contributed by atoms with van der Waals surface area (Å²) in [5, 5.41) is 3.48. The standard InChI is InChI=1S/C15H31N3/c1-12-13(2)18(10-7-15(12)16-3)11-14-5-8-17(4)9-6-14/h12-16H,5-11H2,1-4H3. The zero-order chi connectivity index (χ0) is 13.1. The van der Waals surface area contributed by atoms with Crippen molar-refractivity contribution in [2.45, 2.75) is 45.2 Å². The quantitative estimate of drug-likeness (QED) is 0.825. The highest BCUT2D eigenvalue weighted by Crippen LogP contribution is 2.26. The predicted molar refractivity (Wildman–Crippen MR) is 77.9 cm³/mol. The molecule has 0 bridgehead atoms. The van der Waals surface area contributed by atoms with Crippen LogP contribution in [0.1, 0.15) is 33.1 Å². The zero-order valence-corrected chi connectivity index (χ0v) is 12.7. The predicted octanol–water partition coefficient (Wildman–Crippen LogP) is 1.65. The fourth-order valence-electron chi connectivity index (χ4n) is 3.68. The largest absolute Gasteiger partial charge is 0.317 e. The lowest BCUT2D eigenvalue weighted by Crippen LogP contribution is -2.54. The lowest BCUT2D eigenvalue weighted by Gasteiger charge is -2.44. The van der Waals surface area contributed by atoms with E-state index in [0.717, 1.165) is 17.9 Å². The minimum Gasteiger partial charge on any atom is -0.317 e. The molecule has 0 aliphatic carbocycles. The van der Waals surface area contributed by atoms with Gasteiger partial charge in [0.05, 0.1) is 0 Å². The van der Waals surface area contributed by atoms with Crippen LogP contribution in [-0.2, 0) is 0 Å². The molecule has 3 atom stereocenters. The molecule has 3 heteroatoms. The summed E-state index contributed by atoms with van der Waals surface area (Å²) in [7, 11) is 4.36. The number of nitrogens with one attached hydrogen (secondary N) is 1. The van der Waals surface area contributed by atoms with Crippen LogP contribution < -0.4 is 5.32 Å². The van der Waals surface area contributed by atoms with E-state index in [-0.39, 0.29) is 0 Å². The van der Waals surface area contributed by atoms with E-state index in [1.54, 1.807) is 0 Å². The second-order valence-corrected chi connectivity index (χ2v) is 6.53. The summed E-state index contributed by atoms with van der Waals surface area (Å²) in [6.07, 6.45) is 4.10. The first kappa shape index (κ1) is 14.3. The maximum absolute atomic E-state index is 3.48. The molecule has 2 rings (SSSR count). The van der Waals surface area contributed by atoms with E-state index in [4.69, 9.17) is 0 Å². The van der Waals surface area contributed by atoms with Gasteiger partial charge in [-0.15, -0.1) is 0 Å². The monoisotopic (exact) mass is 253 g/mol.